The average molecular weight is 443 g/mol. The highest BCUT2D eigenvalue weighted by Crippen LogP contribution is 2.43. The normalized spacial score (nSPS) is 25.6. The summed E-state index contributed by atoms with van der Waals surface area (Å²) in [5, 5.41) is 33.9. The van der Waals surface area contributed by atoms with E-state index in [1.54, 1.807) is 22.9 Å². The molecular formula is C20H21N5O5S. The number of nitrogen functional groups attached to an aromatic ring is 1. The van der Waals surface area contributed by atoms with Gasteiger partial charge in [0.05, 0.1) is 23.4 Å². The van der Waals surface area contributed by atoms with Crippen molar-refractivity contribution in [1.82, 2.24) is 19.9 Å². The summed E-state index contributed by atoms with van der Waals surface area (Å²) in [6.45, 7) is 1.08. The number of terminal acetylenes is 1. The van der Waals surface area contributed by atoms with Crippen LogP contribution in [-0.2, 0) is 4.74 Å². The van der Waals surface area contributed by atoms with Gasteiger partial charge in [-0.1, -0.05) is 5.92 Å². The van der Waals surface area contributed by atoms with Crippen LogP contribution in [0.5, 0.6) is 0 Å². The monoisotopic (exact) mass is 443 g/mol. The lowest BCUT2D eigenvalue weighted by Crippen LogP contribution is -2.44. The van der Waals surface area contributed by atoms with E-state index in [0.717, 1.165) is 0 Å². The van der Waals surface area contributed by atoms with Crippen LogP contribution in [0.1, 0.15) is 22.8 Å². The summed E-state index contributed by atoms with van der Waals surface area (Å²) < 4.78 is 7.30. The number of rotatable bonds is 5. The molecule has 1 amide bonds. The zero-order valence-corrected chi connectivity index (χ0v) is 17.3. The lowest BCUT2D eigenvalue weighted by Gasteiger charge is -2.27. The molecule has 10 nitrogen and oxygen atoms in total. The number of aliphatic hydroxyl groups is 3. The molecule has 2 unspecified atom stereocenters. The number of anilines is 1. The second-order valence-electron chi connectivity index (χ2n) is 7.34. The summed E-state index contributed by atoms with van der Waals surface area (Å²) in [6.07, 6.45) is 4.84. The molecule has 11 heteroatoms. The van der Waals surface area contributed by atoms with E-state index < -0.39 is 30.6 Å². The maximum absolute atomic E-state index is 12.2. The van der Waals surface area contributed by atoms with E-state index >= 15 is 0 Å². The fourth-order valence-corrected chi connectivity index (χ4v) is 4.63. The van der Waals surface area contributed by atoms with Crippen molar-refractivity contribution in [3.8, 4) is 22.8 Å². The number of carbonyl (C=O) groups excluding carboxylic acids is 1. The van der Waals surface area contributed by atoms with E-state index in [4.69, 9.17) is 16.9 Å². The quantitative estimate of drug-likeness (QED) is 0.348. The molecule has 3 aromatic heterocycles. The maximum Gasteiger partial charge on any atom is 0.262 e. The van der Waals surface area contributed by atoms with Crippen molar-refractivity contribution in [3.05, 3.63) is 29.5 Å². The molecule has 162 valence electrons. The molecular weight excluding hydrogens is 422 g/mol. The van der Waals surface area contributed by atoms with Gasteiger partial charge in [0.2, 0.25) is 0 Å². The van der Waals surface area contributed by atoms with Crippen LogP contribution in [0.15, 0.2) is 24.7 Å². The number of fused-ring (bicyclic) bond motifs is 1. The Morgan fingerprint density at radius 3 is 2.94 bits per heavy atom. The first kappa shape index (κ1) is 21.2. The zero-order chi connectivity index (χ0) is 22.3. The molecule has 6 N–H and O–H groups in total. The van der Waals surface area contributed by atoms with Gasteiger partial charge in [0.15, 0.2) is 6.23 Å². The minimum absolute atomic E-state index is 0.120. The number of hydrogen-bond acceptors (Lipinski definition) is 9. The van der Waals surface area contributed by atoms with Gasteiger partial charge in [-0.3, -0.25) is 4.79 Å². The Morgan fingerprint density at radius 1 is 1.48 bits per heavy atom. The number of amides is 1. The highest BCUT2D eigenvalue weighted by molar-refractivity contribution is 7.17. The third-order valence-corrected chi connectivity index (χ3v) is 6.39. The highest BCUT2D eigenvalue weighted by atomic mass is 32.1. The number of nitrogens with two attached hydrogens (primary N) is 1. The molecule has 3 aromatic rings. The van der Waals surface area contributed by atoms with Crippen LogP contribution >= 0.6 is 11.3 Å². The van der Waals surface area contributed by atoms with Crippen molar-refractivity contribution in [3.63, 3.8) is 0 Å². The van der Waals surface area contributed by atoms with Crippen LogP contribution in [0.2, 0.25) is 0 Å². The van der Waals surface area contributed by atoms with Gasteiger partial charge in [0.1, 0.15) is 35.6 Å². The number of nitrogens with one attached hydrogen (secondary N) is 1. The minimum Gasteiger partial charge on any atom is -0.394 e. The molecule has 1 aliphatic heterocycles. The van der Waals surface area contributed by atoms with Crippen molar-refractivity contribution in [1.29, 1.82) is 0 Å². The summed E-state index contributed by atoms with van der Waals surface area (Å²) in [5.41, 5.74) is 5.45. The average Bonchev–Trinajstić information content (AvgIpc) is 3.43. The van der Waals surface area contributed by atoms with Crippen LogP contribution in [0.25, 0.3) is 21.5 Å². The third-order valence-electron chi connectivity index (χ3n) is 5.27. The summed E-state index contributed by atoms with van der Waals surface area (Å²) >= 11 is 1.23. The Bertz CT molecular complexity index is 1180. The van der Waals surface area contributed by atoms with E-state index in [0.29, 0.717) is 26.4 Å². The number of carbonyl (C=O) groups is 1. The highest BCUT2D eigenvalue weighted by Gasteiger charge is 2.53. The molecule has 1 fully saturated rings. The Morgan fingerprint density at radius 2 is 2.26 bits per heavy atom. The van der Waals surface area contributed by atoms with Crippen LogP contribution < -0.4 is 11.1 Å². The van der Waals surface area contributed by atoms with Gasteiger partial charge in [0, 0.05) is 16.6 Å². The molecule has 1 aliphatic rings. The molecule has 0 aliphatic carbocycles. The Balaban J connectivity index is 1.82. The summed E-state index contributed by atoms with van der Waals surface area (Å²) in [4.78, 5) is 21.8. The zero-order valence-electron chi connectivity index (χ0n) is 16.5. The minimum atomic E-state index is -1.70. The van der Waals surface area contributed by atoms with Crippen molar-refractivity contribution in [2.45, 2.75) is 31.0 Å². The van der Waals surface area contributed by atoms with E-state index in [2.05, 4.69) is 21.2 Å². The van der Waals surface area contributed by atoms with Crippen molar-refractivity contribution in [2.75, 3.05) is 18.9 Å². The molecule has 4 heterocycles. The summed E-state index contributed by atoms with van der Waals surface area (Å²) in [5.74, 6) is 2.27. The first-order chi connectivity index (χ1) is 14.8. The predicted octanol–water partition coefficient (Wildman–Crippen LogP) is 0.107. The molecule has 4 atom stereocenters. The smallest absolute Gasteiger partial charge is 0.262 e. The molecule has 0 aromatic carbocycles. The maximum atomic E-state index is 12.2. The summed E-state index contributed by atoms with van der Waals surface area (Å²) in [6, 6.07) is 3.43. The topological polar surface area (TPSA) is 156 Å². The lowest BCUT2D eigenvalue weighted by atomic mass is 9.96. The number of hydrogen-bond donors (Lipinski definition) is 5. The van der Waals surface area contributed by atoms with Crippen LogP contribution in [-0.4, -0.2) is 66.7 Å². The molecule has 0 radical (unpaired) electrons. The van der Waals surface area contributed by atoms with Gasteiger partial charge in [-0.2, -0.15) is 0 Å². The molecule has 0 bridgehead atoms. The van der Waals surface area contributed by atoms with Gasteiger partial charge in [0.25, 0.3) is 5.91 Å². The fourth-order valence-electron chi connectivity index (χ4n) is 3.69. The van der Waals surface area contributed by atoms with E-state index in [-0.39, 0.29) is 18.3 Å². The number of aromatic nitrogens is 3. The lowest BCUT2D eigenvalue weighted by molar-refractivity contribution is -0.0948. The second-order valence-corrected chi connectivity index (χ2v) is 8.42. The third kappa shape index (κ3) is 3.44. The van der Waals surface area contributed by atoms with Gasteiger partial charge in [-0.25, -0.2) is 9.97 Å². The fraction of sp³-hybridized carbons (Fsp3) is 0.350. The van der Waals surface area contributed by atoms with Crippen molar-refractivity contribution >= 4 is 34.1 Å². The predicted molar refractivity (Wildman–Crippen MR) is 114 cm³/mol. The SMILES string of the molecule is C#CCNC(=O)c1ccc(-c2cn([C@@H]3OC(CO)C(O)[C@@]3(C)O)c3ncnc(N)c23)s1. The van der Waals surface area contributed by atoms with E-state index in [1.165, 1.54) is 24.6 Å². The number of ether oxygens (including phenoxy) is 1. The number of nitrogens with zero attached hydrogens (tertiary/aromatic N) is 3. The van der Waals surface area contributed by atoms with Crippen molar-refractivity contribution < 1.29 is 24.9 Å². The van der Waals surface area contributed by atoms with E-state index in [9.17, 15) is 20.1 Å². The Labute approximate surface area is 181 Å². The van der Waals surface area contributed by atoms with Crippen molar-refractivity contribution in [2.24, 2.45) is 0 Å². The van der Waals surface area contributed by atoms with Gasteiger partial charge in [-0.15, -0.1) is 17.8 Å². The van der Waals surface area contributed by atoms with E-state index in [1.807, 2.05) is 0 Å². The first-order valence-corrected chi connectivity index (χ1v) is 10.2. The van der Waals surface area contributed by atoms with Gasteiger partial charge >= 0.3 is 0 Å². The number of aliphatic hydroxyl groups excluding tert-OH is 2. The largest absolute Gasteiger partial charge is 0.394 e. The summed E-state index contributed by atoms with van der Waals surface area (Å²) in [7, 11) is 0. The first-order valence-electron chi connectivity index (χ1n) is 9.39. The standard InChI is InChI=1S/C20H21N5O5S/c1-3-6-22-18(28)13-5-4-12(31-13)10-7-25(17-14(10)16(21)23-9-24-17)19-20(2,29)15(27)11(8-26)30-19/h1,4-5,7,9,11,15,19,26-27,29H,6,8H2,2H3,(H,22,28)(H2,21,23,24)/t11?,15?,19-,20-/m1/s1. The Kier molecular flexibility index (Phi) is 5.42. The molecule has 4 rings (SSSR count). The van der Waals surface area contributed by atoms with Gasteiger partial charge in [-0.05, 0) is 19.1 Å². The van der Waals surface area contributed by atoms with Crippen LogP contribution in [0.3, 0.4) is 0 Å². The number of thiophene rings is 1. The van der Waals surface area contributed by atoms with Crippen LogP contribution in [0.4, 0.5) is 5.82 Å². The van der Waals surface area contributed by atoms with Crippen LogP contribution in [0, 0.1) is 12.3 Å². The Hall–Kier alpha value is -3.01. The molecule has 0 saturated carbocycles. The molecule has 1 saturated heterocycles. The molecule has 31 heavy (non-hydrogen) atoms. The van der Waals surface area contributed by atoms with Gasteiger partial charge < -0.3 is 35.7 Å². The second kappa shape index (κ2) is 7.92. The molecule has 0 spiro atoms.